The van der Waals surface area contributed by atoms with E-state index in [-0.39, 0.29) is 5.91 Å². The van der Waals surface area contributed by atoms with Crippen LogP contribution in [0.2, 0.25) is 0 Å². The molecule has 1 fully saturated rings. The highest BCUT2D eigenvalue weighted by molar-refractivity contribution is 5.92. The lowest BCUT2D eigenvalue weighted by molar-refractivity contribution is 0.0741. The summed E-state index contributed by atoms with van der Waals surface area (Å²) in [5, 5.41) is 0. The Morgan fingerprint density at radius 2 is 2.05 bits per heavy atom. The van der Waals surface area contributed by atoms with Crippen molar-refractivity contribution in [3.63, 3.8) is 0 Å². The molecule has 1 atom stereocenters. The van der Waals surface area contributed by atoms with Crippen molar-refractivity contribution >= 4 is 5.91 Å². The maximum atomic E-state index is 12.3. The molecule has 0 N–H and O–H groups in total. The molecule has 1 aliphatic heterocycles. The van der Waals surface area contributed by atoms with Crippen molar-refractivity contribution in [2.75, 3.05) is 6.54 Å². The molecule has 1 aliphatic rings. The third-order valence-corrected chi connectivity index (χ3v) is 3.40. The number of hydrogen-bond donors (Lipinski definition) is 0. The number of nitrogens with zero attached hydrogens (tertiary/aromatic N) is 2. The van der Waals surface area contributed by atoms with Gasteiger partial charge in [0, 0.05) is 18.3 Å². The van der Waals surface area contributed by atoms with Gasteiger partial charge in [-0.1, -0.05) is 33.8 Å². The molecule has 0 aliphatic carbocycles. The SMILES string of the molecule is CC.CC(C)c1cccc(C(=O)N2CCCC2C)n1. The minimum absolute atomic E-state index is 0.0810. The van der Waals surface area contributed by atoms with Crippen LogP contribution in [0.4, 0.5) is 0 Å². The molecular weight excluding hydrogens is 236 g/mol. The summed E-state index contributed by atoms with van der Waals surface area (Å²) in [4.78, 5) is 18.7. The van der Waals surface area contributed by atoms with Crippen molar-refractivity contribution in [2.45, 2.75) is 59.4 Å². The third-order valence-electron chi connectivity index (χ3n) is 3.40. The van der Waals surface area contributed by atoms with E-state index in [2.05, 4.69) is 25.8 Å². The average molecular weight is 262 g/mol. The molecule has 1 saturated heterocycles. The molecule has 0 saturated carbocycles. The lowest BCUT2D eigenvalue weighted by Gasteiger charge is -2.21. The minimum Gasteiger partial charge on any atom is -0.335 e. The van der Waals surface area contributed by atoms with Gasteiger partial charge in [-0.05, 0) is 37.8 Å². The van der Waals surface area contributed by atoms with Gasteiger partial charge >= 0.3 is 0 Å². The summed E-state index contributed by atoms with van der Waals surface area (Å²) >= 11 is 0. The largest absolute Gasteiger partial charge is 0.335 e. The molecule has 19 heavy (non-hydrogen) atoms. The fraction of sp³-hybridized carbons (Fsp3) is 0.625. The van der Waals surface area contributed by atoms with Gasteiger partial charge in [-0.15, -0.1) is 0 Å². The molecule has 1 aromatic heterocycles. The Labute approximate surface area is 117 Å². The highest BCUT2D eigenvalue weighted by atomic mass is 16.2. The van der Waals surface area contributed by atoms with E-state index < -0.39 is 0 Å². The standard InChI is InChI=1S/C14H20N2O.C2H6/c1-10(2)12-7-4-8-13(15-12)14(17)16-9-5-6-11(16)3;1-2/h4,7-8,10-11H,5-6,9H2,1-3H3;1-2H3. The van der Waals surface area contributed by atoms with Crippen molar-refractivity contribution < 1.29 is 4.79 Å². The first-order valence-electron chi connectivity index (χ1n) is 7.37. The van der Waals surface area contributed by atoms with Crippen molar-refractivity contribution in [3.8, 4) is 0 Å². The fourth-order valence-electron chi connectivity index (χ4n) is 2.27. The molecule has 1 amide bonds. The van der Waals surface area contributed by atoms with Crippen LogP contribution in [0.3, 0.4) is 0 Å². The zero-order valence-corrected chi connectivity index (χ0v) is 12.8. The highest BCUT2D eigenvalue weighted by Gasteiger charge is 2.26. The monoisotopic (exact) mass is 262 g/mol. The Bertz CT molecular complexity index is 415. The summed E-state index contributed by atoms with van der Waals surface area (Å²) in [7, 11) is 0. The molecule has 1 unspecified atom stereocenters. The fourth-order valence-corrected chi connectivity index (χ4v) is 2.27. The number of pyridine rings is 1. The van der Waals surface area contributed by atoms with E-state index in [1.54, 1.807) is 0 Å². The summed E-state index contributed by atoms with van der Waals surface area (Å²) in [6, 6.07) is 6.08. The summed E-state index contributed by atoms with van der Waals surface area (Å²) in [6.07, 6.45) is 2.21. The highest BCUT2D eigenvalue weighted by Crippen LogP contribution is 2.19. The smallest absolute Gasteiger partial charge is 0.272 e. The van der Waals surface area contributed by atoms with Gasteiger partial charge in [0.25, 0.3) is 5.91 Å². The number of aromatic nitrogens is 1. The van der Waals surface area contributed by atoms with Gasteiger partial charge in [0.05, 0.1) is 0 Å². The lowest BCUT2D eigenvalue weighted by atomic mass is 10.1. The third kappa shape index (κ3) is 3.79. The molecule has 1 aromatic rings. The molecule has 2 heterocycles. The predicted octanol–water partition coefficient (Wildman–Crippen LogP) is 3.86. The molecular formula is C16H26N2O. The Kier molecular flexibility index (Phi) is 6.00. The number of carbonyl (C=O) groups excluding carboxylic acids is 1. The molecule has 3 nitrogen and oxygen atoms in total. The van der Waals surface area contributed by atoms with Gasteiger partial charge in [0.1, 0.15) is 5.69 Å². The second-order valence-corrected chi connectivity index (χ2v) is 5.09. The van der Waals surface area contributed by atoms with Gasteiger partial charge in [-0.2, -0.15) is 0 Å². The van der Waals surface area contributed by atoms with E-state index in [1.165, 1.54) is 0 Å². The first-order chi connectivity index (χ1) is 9.09. The lowest BCUT2D eigenvalue weighted by Crippen LogP contribution is -2.34. The molecule has 106 valence electrons. The summed E-state index contributed by atoms with van der Waals surface area (Å²) in [5.41, 5.74) is 1.58. The maximum Gasteiger partial charge on any atom is 0.272 e. The van der Waals surface area contributed by atoms with Gasteiger partial charge < -0.3 is 4.90 Å². The molecule has 2 rings (SSSR count). The Balaban J connectivity index is 0.000000861. The number of amides is 1. The van der Waals surface area contributed by atoms with E-state index >= 15 is 0 Å². The summed E-state index contributed by atoms with van der Waals surface area (Å²) in [5.74, 6) is 0.441. The van der Waals surface area contributed by atoms with E-state index in [1.807, 2.05) is 36.9 Å². The average Bonchev–Trinajstić information content (AvgIpc) is 2.86. The number of carbonyl (C=O) groups is 1. The number of rotatable bonds is 2. The normalized spacial score (nSPS) is 18.2. The van der Waals surface area contributed by atoms with Crippen LogP contribution in [0.1, 0.15) is 69.6 Å². The van der Waals surface area contributed by atoms with Gasteiger partial charge in [-0.3, -0.25) is 4.79 Å². The van der Waals surface area contributed by atoms with E-state index in [4.69, 9.17) is 0 Å². The molecule has 0 radical (unpaired) electrons. The van der Waals surface area contributed by atoms with Crippen LogP contribution < -0.4 is 0 Å². The second-order valence-electron chi connectivity index (χ2n) is 5.09. The van der Waals surface area contributed by atoms with Crippen LogP contribution in [-0.2, 0) is 0 Å². The van der Waals surface area contributed by atoms with Gasteiger partial charge in [0.15, 0.2) is 0 Å². The Hall–Kier alpha value is -1.38. The van der Waals surface area contributed by atoms with Crippen molar-refractivity contribution in [1.82, 2.24) is 9.88 Å². The molecule has 0 aromatic carbocycles. The zero-order valence-electron chi connectivity index (χ0n) is 12.8. The first-order valence-corrected chi connectivity index (χ1v) is 7.37. The maximum absolute atomic E-state index is 12.3. The van der Waals surface area contributed by atoms with Crippen molar-refractivity contribution in [2.24, 2.45) is 0 Å². The van der Waals surface area contributed by atoms with Crippen LogP contribution in [0.15, 0.2) is 18.2 Å². The van der Waals surface area contributed by atoms with Crippen LogP contribution in [0, 0.1) is 0 Å². The van der Waals surface area contributed by atoms with Crippen LogP contribution in [-0.4, -0.2) is 28.4 Å². The van der Waals surface area contributed by atoms with Crippen LogP contribution >= 0.6 is 0 Å². The molecule has 0 bridgehead atoms. The van der Waals surface area contributed by atoms with Gasteiger partial charge in [-0.25, -0.2) is 4.98 Å². The topological polar surface area (TPSA) is 33.2 Å². The van der Waals surface area contributed by atoms with Crippen LogP contribution in [0.25, 0.3) is 0 Å². The van der Waals surface area contributed by atoms with E-state index in [0.717, 1.165) is 25.1 Å². The van der Waals surface area contributed by atoms with Crippen LogP contribution in [0.5, 0.6) is 0 Å². The Morgan fingerprint density at radius 1 is 1.37 bits per heavy atom. The summed E-state index contributed by atoms with van der Waals surface area (Å²) < 4.78 is 0. The summed E-state index contributed by atoms with van der Waals surface area (Å²) in [6.45, 7) is 11.2. The predicted molar refractivity (Wildman–Crippen MR) is 79.4 cm³/mol. The number of hydrogen-bond acceptors (Lipinski definition) is 2. The van der Waals surface area contributed by atoms with Crippen molar-refractivity contribution in [1.29, 1.82) is 0 Å². The van der Waals surface area contributed by atoms with E-state index in [9.17, 15) is 4.79 Å². The zero-order chi connectivity index (χ0) is 14.4. The van der Waals surface area contributed by atoms with Gasteiger partial charge in [0.2, 0.25) is 0 Å². The van der Waals surface area contributed by atoms with E-state index in [0.29, 0.717) is 17.7 Å². The van der Waals surface area contributed by atoms with Crippen molar-refractivity contribution in [3.05, 3.63) is 29.6 Å². The minimum atomic E-state index is 0.0810. The second kappa shape index (κ2) is 7.27. The Morgan fingerprint density at radius 3 is 2.58 bits per heavy atom. The first kappa shape index (κ1) is 15.7. The number of likely N-dealkylation sites (tertiary alicyclic amines) is 1. The quantitative estimate of drug-likeness (QED) is 0.811. The molecule has 3 heteroatoms. The molecule has 0 spiro atoms.